The van der Waals surface area contributed by atoms with E-state index in [0.29, 0.717) is 17.0 Å². The summed E-state index contributed by atoms with van der Waals surface area (Å²) in [6.07, 6.45) is 1.13. The number of nitriles is 2. The normalized spacial score (nSPS) is 13.4. The average Bonchev–Trinajstić information content (AvgIpc) is 2.83. The van der Waals surface area contributed by atoms with Gasteiger partial charge in [-0.1, -0.05) is 48.0 Å². The smallest absolute Gasteiger partial charge is 0.118 e. The number of rotatable bonds is 9. The minimum Gasteiger partial charge on any atom is -0.497 e. The third-order valence-corrected chi connectivity index (χ3v) is 5.95. The minimum absolute atomic E-state index is 0.0417. The van der Waals surface area contributed by atoms with Crippen LogP contribution in [0.25, 0.3) is 0 Å². The molecule has 3 aromatic carbocycles. The van der Waals surface area contributed by atoms with E-state index >= 15 is 0 Å². The molecule has 1 N–H and O–H groups in total. The van der Waals surface area contributed by atoms with E-state index in [9.17, 15) is 10.5 Å². The summed E-state index contributed by atoms with van der Waals surface area (Å²) in [5.41, 5.74) is 3.93. The van der Waals surface area contributed by atoms with E-state index in [-0.39, 0.29) is 18.0 Å². The molecule has 0 aliphatic carbocycles. The topological polar surface area (TPSA) is 68.8 Å². The molecular weight excluding hydrogens is 418 g/mol. The van der Waals surface area contributed by atoms with Crippen LogP contribution in [0, 0.1) is 22.7 Å². The SMILES string of the molecule is COc1ccc([C@H](CC#N)NC(C)C(Cc2ccc(Cl)cc2)c2cccc(C#N)c2)cc1. The summed E-state index contributed by atoms with van der Waals surface area (Å²) >= 11 is 6.07. The standard InChI is InChI=1S/C27H26ClN3O/c1-19(31-27(14-15-29)22-8-12-25(32-2)13-9-22)26(17-20-6-10-24(28)11-7-20)23-5-3-4-21(16-23)18-30/h3-13,16,19,26-27,31H,14,17H2,1-2H3/t19?,26?,27-/m0/s1. The Morgan fingerprint density at radius 3 is 2.31 bits per heavy atom. The zero-order valence-corrected chi connectivity index (χ0v) is 19.0. The van der Waals surface area contributed by atoms with E-state index in [2.05, 4.69) is 30.4 Å². The number of nitrogens with zero attached hydrogens (tertiary/aromatic N) is 2. The van der Waals surface area contributed by atoms with Crippen molar-refractivity contribution in [3.05, 3.63) is 100 Å². The van der Waals surface area contributed by atoms with E-state index in [4.69, 9.17) is 16.3 Å². The molecule has 5 heteroatoms. The number of nitrogens with one attached hydrogen (secondary N) is 1. The van der Waals surface area contributed by atoms with Gasteiger partial charge in [-0.2, -0.15) is 10.5 Å². The Hall–Kier alpha value is -3.31. The van der Waals surface area contributed by atoms with E-state index in [0.717, 1.165) is 28.9 Å². The van der Waals surface area contributed by atoms with Gasteiger partial charge < -0.3 is 10.1 Å². The Kier molecular flexibility index (Phi) is 8.28. The van der Waals surface area contributed by atoms with Gasteiger partial charge >= 0.3 is 0 Å². The van der Waals surface area contributed by atoms with Crippen molar-refractivity contribution in [1.82, 2.24) is 5.32 Å². The highest BCUT2D eigenvalue weighted by molar-refractivity contribution is 6.30. The molecule has 0 heterocycles. The summed E-state index contributed by atoms with van der Waals surface area (Å²) in [5, 5.41) is 23.2. The molecule has 3 aromatic rings. The first-order valence-electron chi connectivity index (χ1n) is 10.6. The van der Waals surface area contributed by atoms with Gasteiger partial charge in [-0.25, -0.2) is 0 Å². The van der Waals surface area contributed by atoms with Crippen LogP contribution in [0.2, 0.25) is 5.02 Å². The molecule has 32 heavy (non-hydrogen) atoms. The van der Waals surface area contributed by atoms with E-state index in [1.165, 1.54) is 0 Å². The minimum atomic E-state index is -0.118. The lowest BCUT2D eigenvalue weighted by atomic mass is 9.85. The Balaban J connectivity index is 1.89. The summed E-state index contributed by atoms with van der Waals surface area (Å²) in [6.45, 7) is 2.13. The number of benzene rings is 3. The predicted octanol–water partition coefficient (Wildman–Crippen LogP) is 6.18. The van der Waals surface area contributed by atoms with Crippen molar-refractivity contribution in [1.29, 1.82) is 10.5 Å². The van der Waals surface area contributed by atoms with Gasteiger partial charge in [-0.15, -0.1) is 0 Å². The molecular formula is C27H26ClN3O. The molecule has 0 saturated heterocycles. The van der Waals surface area contributed by atoms with Gasteiger partial charge in [0.15, 0.2) is 0 Å². The van der Waals surface area contributed by atoms with Crippen LogP contribution in [0.4, 0.5) is 0 Å². The molecule has 3 atom stereocenters. The van der Waals surface area contributed by atoms with Crippen LogP contribution in [0.3, 0.4) is 0 Å². The summed E-state index contributed by atoms with van der Waals surface area (Å²) in [6, 6.07) is 27.9. The molecule has 4 nitrogen and oxygen atoms in total. The zero-order valence-electron chi connectivity index (χ0n) is 18.3. The van der Waals surface area contributed by atoms with Crippen molar-refractivity contribution in [3.8, 4) is 17.9 Å². The molecule has 3 rings (SSSR count). The highest BCUT2D eigenvalue weighted by Crippen LogP contribution is 2.29. The number of methoxy groups -OCH3 is 1. The predicted molar refractivity (Wildman–Crippen MR) is 128 cm³/mol. The largest absolute Gasteiger partial charge is 0.497 e. The third-order valence-electron chi connectivity index (χ3n) is 5.69. The van der Waals surface area contributed by atoms with Gasteiger partial charge in [-0.05, 0) is 66.4 Å². The Morgan fingerprint density at radius 2 is 1.69 bits per heavy atom. The van der Waals surface area contributed by atoms with Crippen molar-refractivity contribution >= 4 is 11.6 Å². The molecule has 0 fully saturated rings. The van der Waals surface area contributed by atoms with Crippen LogP contribution in [0.15, 0.2) is 72.8 Å². The van der Waals surface area contributed by atoms with Crippen molar-refractivity contribution in [2.75, 3.05) is 7.11 Å². The summed E-state index contributed by atoms with van der Waals surface area (Å²) in [7, 11) is 1.64. The maximum Gasteiger partial charge on any atom is 0.118 e. The molecule has 0 radical (unpaired) electrons. The second-order valence-corrected chi connectivity index (χ2v) is 8.25. The second-order valence-electron chi connectivity index (χ2n) is 7.82. The molecule has 2 unspecified atom stereocenters. The van der Waals surface area contributed by atoms with Gasteiger partial charge in [0, 0.05) is 23.0 Å². The molecule has 0 spiro atoms. The van der Waals surface area contributed by atoms with E-state index < -0.39 is 0 Å². The van der Waals surface area contributed by atoms with Crippen LogP contribution in [0.5, 0.6) is 5.75 Å². The van der Waals surface area contributed by atoms with Gasteiger partial charge in [0.25, 0.3) is 0 Å². The van der Waals surface area contributed by atoms with Crippen molar-refractivity contribution < 1.29 is 4.74 Å². The first-order valence-corrected chi connectivity index (χ1v) is 10.9. The Labute approximate surface area is 195 Å². The summed E-state index contributed by atoms with van der Waals surface area (Å²) < 4.78 is 5.26. The first kappa shape index (κ1) is 23.4. The molecule has 0 aliphatic heterocycles. The fourth-order valence-corrected chi connectivity index (χ4v) is 4.06. The number of hydrogen-bond donors (Lipinski definition) is 1. The van der Waals surface area contributed by atoms with Crippen LogP contribution in [0.1, 0.15) is 47.6 Å². The van der Waals surface area contributed by atoms with Gasteiger partial charge in [0.2, 0.25) is 0 Å². The van der Waals surface area contributed by atoms with Crippen LogP contribution in [-0.4, -0.2) is 13.2 Å². The highest BCUT2D eigenvalue weighted by atomic mass is 35.5. The number of ether oxygens (including phenoxy) is 1. The summed E-state index contributed by atoms with van der Waals surface area (Å²) in [5.74, 6) is 0.885. The molecule has 0 amide bonds. The first-order chi connectivity index (χ1) is 15.5. The molecule has 0 aliphatic rings. The maximum atomic E-state index is 9.43. The monoisotopic (exact) mass is 443 g/mol. The summed E-state index contributed by atoms with van der Waals surface area (Å²) in [4.78, 5) is 0. The van der Waals surface area contributed by atoms with Gasteiger partial charge in [0.1, 0.15) is 5.75 Å². The Morgan fingerprint density at radius 1 is 0.969 bits per heavy atom. The second kappa shape index (κ2) is 11.3. The fraction of sp³-hybridized carbons (Fsp3) is 0.259. The van der Waals surface area contributed by atoms with Crippen LogP contribution >= 0.6 is 11.6 Å². The molecule has 0 aromatic heterocycles. The van der Waals surface area contributed by atoms with Crippen LogP contribution < -0.4 is 10.1 Å². The van der Waals surface area contributed by atoms with E-state index in [1.807, 2.05) is 66.7 Å². The third kappa shape index (κ3) is 6.11. The quantitative estimate of drug-likeness (QED) is 0.428. The van der Waals surface area contributed by atoms with Crippen LogP contribution in [-0.2, 0) is 6.42 Å². The van der Waals surface area contributed by atoms with Crippen molar-refractivity contribution in [2.24, 2.45) is 0 Å². The molecule has 0 bridgehead atoms. The highest BCUT2D eigenvalue weighted by Gasteiger charge is 2.24. The van der Waals surface area contributed by atoms with Crippen molar-refractivity contribution in [2.45, 2.75) is 37.8 Å². The van der Waals surface area contributed by atoms with Gasteiger partial charge in [0.05, 0.1) is 31.2 Å². The van der Waals surface area contributed by atoms with Crippen molar-refractivity contribution in [3.63, 3.8) is 0 Å². The lowest BCUT2D eigenvalue weighted by Gasteiger charge is -2.30. The maximum absolute atomic E-state index is 9.43. The van der Waals surface area contributed by atoms with E-state index in [1.54, 1.807) is 7.11 Å². The number of hydrogen-bond acceptors (Lipinski definition) is 4. The fourth-order valence-electron chi connectivity index (χ4n) is 3.93. The number of halogens is 1. The van der Waals surface area contributed by atoms with Gasteiger partial charge in [-0.3, -0.25) is 0 Å². The zero-order chi connectivity index (χ0) is 22.9. The molecule has 0 saturated carbocycles. The average molecular weight is 444 g/mol. The Bertz CT molecular complexity index is 1100. The lowest BCUT2D eigenvalue weighted by Crippen LogP contribution is -2.36. The molecule has 162 valence electrons. The lowest BCUT2D eigenvalue weighted by molar-refractivity contribution is 0.398.